The third-order valence-corrected chi connectivity index (χ3v) is 5.96. The molecule has 1 aliphatic heterocycles. The molecule has 5 rings (SSSR count). The normalized spacial score (nSPS) is 14.5. The van der Waals surface area contributed by atoms with Gasteiger partial charge in [-0.15, -0.1) is 0 Å². The van der Waals surface area contributed by atoms with Crippen molar-refractivity contribution >= 4 is 34.3 Å². The molecule has 0 amide bonds. The number of halogens is 1. The number of fused-ring (bicyclic) bond motifs is 1. The number of anilines is 2. The Balaban J connectivity index is 1.41. The average molecular weight is 419 g/mol. The zero-order valence-corrected chi connectivity index (χ0v) is 17.8. The summed E-state index contributed by atoms with van der Waals surface area (Å²) in [5.41, 5.74) is 6.55. The number of hydrogen-bond acceptors (Lipinski definition) is 5. The van der Waals surface area contributed by atoms with Crippen LogP contribution in [0.4, 0.5) is 11.5 Å². The summed E-state index contributed by atoms with van der Waals surface area (Å²) in [6.45, 7) is 8.02. The standard InChI is InChI=1S/C23H23ClN6/c1-16-3-4-17(2)20(13-16)28-9-11-29(12-10-28)22-21-23(26-14-25-22)30(15-27-21)19-7-5-18(24)6-8-19/h3-8,13-15H,9-12H2,1-2H3. The van der Waals surface area contributed by atoms with Crippen LogP contribution in [0.3, 0.4) is 0 Å². The van der Waals surface area contributed by atoms with Gasteiger partial charge in [-0.3, -0.25) is 4.57 Å². The number of nitrogens with zero attached hydrogens (tertiary/aromatic N) is 6. The van der Waals surface area contributed by atoms with Crippen LogP contribution in [0.1, 0.15) is 11.1 Å². The van der Waals surface area contributed by atoms with Crippen LogP contribution in [-0.4, -0.2) is 45.7 Å². The molecule has 0 aliphatic carbocycles. The lowest BCUT2D eigenvalue weighted by Crippen LogP contribution is -2.47. The maximum Gasteiger partial charge on any atom is 0.170 e. The Morgan fingerprint density at radius 2 is 1.57 bits per heavy atom. The van der Waals surface area contributed by atoms with Gasteiger partial charge in [-0.1, -0.05) is 23.7 Å². The molecule has 4 aromatic rings. The van der Waals surface area contributed by atoms with E-state index in [1.807, 2.05) is 28.8 Å². The van der Waals surface area contributed by atoms with E-state index in [0.29, 0.717) is 5.02 Å². The van der Waals surface area contributed by atoms with Gasteiger partial charge in [0, 0.05) is 42.6 Å². The van der Waals surface area contributed by atoms with Gasteiger partial charge < -0.3 is 9.80 Å². The second-order valence-electron chi connectivity index (χ2n) is 7.72. The van der Waals surface area contributed by atoms with Crippen molar-refractivity contribution in [2.45, 2.75) is 13.8 Å². The highest BCUT2D eigenvalue weighted by atomic mass is 35.5. The molecule has 2 aromatic heterocycles. The summed E-state index contributed by atoms with van der Waals surface area (Å²) in [7, 11) is 0. The number of rotatable bonds is 3. The maximum atomic E-state index is 6.03. The lowest BCUT2D eigenvalue weighted by molar-refractivity contribution is 0.647. The molecule has 0 atom stereocenters. The summed E-state index contributed by atoms with van der Waals surface area (Å²) < 4.78 is 1.98. The number of piperazine rings is 1. The quantitative estimate of drug-likeness (QED) is 0.493. The highest BCUT2D eigenvalue weighted by Gasteiger charge is 2.23. The number of benzene rings is 2. The van der Waals surface area contributed by atoms with Crippen molar-refractivity contribution in [3.63, 3.8) is 0 Å². The number of imidazole rings is 1. The fourth-order valence-corrected chi connectivity index (χ4v) is 4.19. The molecule has 1 saturated heterocycles. The Hall–Kier alpha value is -3.12. The van der Waals surface area contributed by atoms with Crippen molar-refractivity contribution in [2.24, 2.45) is 0 Å². The van der Waals surface area contributed by atoms with Gasteiger partial charge in [-0.05, 0) is 55.3 Å². The predicted octanol–water partition coefficient (Wildman–Crippen LogP) is 4.41. The molecule has 0 N–H and O–H groups in total. The van der Waals surface area contributed by atoms with Crippen LogP contribution >= 0.6 is 11.6 Å². The van der Waals surface area contributed by atoms with E-state index in [1.54, 1.807) is 12.7 Å². The van der Waals surface area contributed by atoms with Crippen molar-refractivity contribution in [3.8, 4) is 5.69 Å². The Morgan fingerprint density at radius 1 is 0.833 bits per heavy atom. The van der Waals surface area contributed by atoms with Crippen molar-refractivity contribution < 1.29 is 0 Å². The molecule has 0 spiro atoms. The predicted molar refractivity (Wildman–Crippen MR) is 122 cm³/mol. The zero-order chi connectivity index (χ0) is 20.7. The molecule has 7 heteroatoms. The Kier molecular flexibility index (Phi) is 4.79. The molecule has 0 saturated carbocycles. The second kappa shape index (κ2) is 7.61. The monoisotopic (exact) mass is 418 g/mol. The Bertz CT molecular complexity index is 1190. The Morgan fingerprint density at radius 3 is 2.33 bits per heavy atom. The molecule has 3 heterocycles. The minimum Gasteiger partial charge on any atom is -0.368 e. The van der Waals surface area contributed by atoms with E-state index >= 15 is 0 Å². The summed E-state index contributed by atoms with van der Waals surface area (Å²) >= 11 is 6.03. The van der Waals surface area contributed by atoms with E-state index in [0.717, 1.165) is 48.8 Å². The molecule has 2 aromatic carbocycles. The topological polar surface area (TPSA) is 50.1 Å². The zero-order valence-electron chi connectivity index (χ0n) is 17.1. The van der Waals surface area contributed by atoms with E-state index in [1.165, 1.54) is 16.8 Å². The third kappa shape index (κ3) is 3.37. The van der Waals surface area contributed by atoms with Crippen molar-refractivity contribution in [1.82, 2.24) is 19.5 Å². The van der Waals surface area contributed by atoms with E-state index < -0.39 is 0 Å². The fraction of sp³-hybridized carbons (Fsp3) is 0.261. The molecule has 1 fully saturated rings. The number of hydrogen-bond donors (Lipinski definition) is 0. The third-order valence-electron chi connectivity index (χ3n) is 5.70. The molecule has 6 nitrogen and oxygen atoms in total. The van der Waals surface area contributed by atoms with Gasteiger partial charge in [0.2, 0.25) is 0 Å². The summed E-state index contributed by atoms with van der Waals surface area (Å²) in [5, 5.41) is 0.709. The summed E-state index contributed by atoms with van der Waals surface area (Å²) in [6.07, 6.45) is 3.43. The van der Waals surface area contributed by atoms with Crippen molar-refractivity contribution in [1.29, 1.82) is 0 Å². The number of aromatic nitrogens is 4. The minimum atomic E-state index is 0.709. The highest BCUT2D eigenvalue weighted by molar-refractivity contribution is 6.30. The molecule has 0 radical (unpaired) electrons. The SMILES string of the molecule is Cc1ccc(C)c(N2CCN(c3ncnc4c3ncn4-c3ccc(Cl)cc3)CC2)c1. The van der Waals surface area contributed by atoms with Crippen molar-refractivity contribution in [2.75, 3.05) is 36.0 Å². The van der Waals surface area contributed by atoms with E-state index in [-0.39, 0.29) is 0 Å². The van der Waals surface area contributed by atoms with Crippen LogP contribution in [0.15, 0.2) is 55.1 Å². The van der Waals surface area contributed by atoms with Gasteiger partial charge >= 0.3 is 0 Å². The highest BCUT2D eigenvalue weighted by Crippen LogP contribution is 2.27. The first-order chi connectivity index (χ1) is 14.6. The number of aryl methyl sites for hydroxylation is 2. The van der Waals surface area contributed by atoms with Gasteiger partial charge in [0.25, 0.3) is 0 Å². The van der Waals surface area contributed by atoms with Crippen LogP contribution < -0.4 is 9.80 Å². The summed E-state index contributed by atoms with van der Waals surface area (Å²) in [4.78, 5) is 18.5. The first kappa shape index (κ1) is 18.9. The maximum absolute atomic E-state index is 6.03. The summed E-state index contributed by atoms with van der Waals surface area (Å²) in [6, 6.07) is 14.3. The minimum absolute atomic E-state index is 0.709. The summed E-state index contributed by atoms with van der Waals surface area (Å²) in [5.74, 6) is 0.897. The fourth-order valence-electron chi connectivity index (χ4n) is 4.06. The van der Waals surface area contributed by atoms with E-state index in [9.17, 15) is 0 Å². The van der Waals surface area contributed by atoms with Crippen molar-refractivity contribution in [3.05, 3.63) is 71.3 Å². The molecule has 1 aliphatic rings. The van der Waals surface area contributed by atoms with Gasteiger partial charge in [-0.2, -0.15) is 0 Å². The van der Waals surface area contributed by atoms with Gasteiger partial charge in [0.15, 0.2) is 17.0 Å². The van der Waals surface area contributed by atoms with Gasteiger partial charge in [0.05, 0.1) is 0 Å². The largest absolute Gasteiger partial charge is 0.368 e. The molecule has 0 bridgehead atoms. The van der Waals surface area contributed by atoms with Crippen LogP contribution in [-0.2, 0) is 0 Å². The Labute approximate surface area is 180 Å². The molecule has 152 valence electrons. The van der Waals surface area contributed by atoms with E-state index in [2.05, 4.69) is 56.8 Å². The second-order valence-corrected chi connectivity index (χ2v) is 8.16. The van der Waals surface area contributed by atoms with Gasteiger partial charge in [0.1, 0.15) is 12.7 Å². The average Bonchev–Trinajstić information content (AvgIpc) is 3.20. The van der Waals surface area contributed by atoms with E-state index in [4.69, 9.17) is 11.6 Å². The lowest BCUT2D eigenvalue weighted by atomic mass is 10.1. The van der Waals surface area contributed by atoms with Gasteiger partial charge in [-0.25, -0.2) is 15.0 Å². The smallest absolute Gasteiger partial charge is 0.170 e. The first-order valence-electron chi connectivity index (χ1n) is 10.1. The molecule has 0 unspecified atom stereocenters. The molecular weight excluding hydrogens is 396 g/mol. The lowest BCUT2D eigenvalue weighted by Gasteiger charge is -2.37. The first-order valence-corrected chi connectivity index (χ1v) is 10.5. The van der Waals surface area contributed by atoms with Crippen LogP contribution in [0.25, 0.3) is 16.9 Å². The van der Waals surface area contributed by atoms with Crippen LogP contribution in [0.2, 0.25) is 5.02 Å². The molecular formula is C23H23ClN6. The molecule has 30 heavy (non-hydrogen) atoms. The van der Waals surface area contributed by atoms with Crippen LogP contribution in [0, 0.1) is 13.8 Å². The van der Waals surface area contributed by atoms with Crippen LogP contribution in [0.5, 0.6) is 0 Å².